The molecule has 0 saturated carbocycles. The average Bonchev–Trinajstić information content (AvgIpc) is 2.35. The van der Waals surface area contributed by atoms with Gasteiger partial charge in [-0.3, -0.25) is 9.59 Å². The molecule has 2 amide bonds. The van der Waals surface area contributed by atoms with E-state index in [4.69, 9.17) is 22.1 Å². The van der Waals surface area contributed by atoms with Crippen LogP contribution in [0.1, 0.15) is 13.3 Å². The molecule has 1 aromatic rings. The highest BCUT2D eigenvalue weighted by Gasteiger charge is 2.03. The maximum Gasteiger partial charge on any atom is 0.277 e. The Morgan fingerprint density at radius 2 is 2.00 bits per heavy atom. The normalized spacial score (nSPS) is 10.9. The molecule has 0 aliphatic heterocycles. The molecule has 0 aliphatic rings. The molecule has 102 valence electrons. The molecule has 3 N–H and O–H groups in total. The van der Waals surface area contributed by atoms with Gasteiger partial charge in [-0.1, -0.05) is 11.6 Å². The molecule has 0 aliphatic carbocycles. The molecule has 0 aromatic heterocycles. The van der Waals surface area contributed by atoms with E-state index in [0.717, 1.165) is 0 Å². The molecule has 0 heterocycles. The van der Waals surface area contributed by atoms with E-state index >= 15 is 0 Å². The van der Waals surface area contributed by atoms with Crippen molar-refractivity contribution in [3.8, 4) is 5.75 Å². The maximum absolute atomic E-state index is 11.4. The minimum absolute atomic E-state index is 0.00167. The number of benzene rings is 1. The number of hydrogen-bond donors (Lipinski definition) is 2. The number of carbonyl (C=O) groups is 2. The van der Waals surface area contributed by atoms with Crippen molar-refractivity contribution < 1.29 is 14.3 Å². The predicted octanol–water partition coefficient (Wildman–Crippen LogP) is 1.09. The van der Waals surface area contributed by atoms with Gasteiger partial charge in [0, 0.05) is 10.7 Å². The zero-order valence-corrected chi connectivity index (χ0v) is 11.1. The second-order valence-corrected chi connectivity index (χ2v) is 4.20. The lowest BCUT2D eigenvalue weighted by atomic mass is 10.3. The highest BCUT2D eigenvalue weighted by Crippen LogP contribution is 2.15. The fraction of sp³-hybridized carbons (Fsp3) is 0.250. The van der Waals surface area contributed by atoms with Crippen LogP contribution in [0.4, 0.5) is 0 Å². The van der Waals surface area contributed by atoms with Crippen molar-refractivity contribution in [2.24, 2.45) is 10.8 Å². The van der Waals surface area contributed by atoms with Crippen LogP contribution in [-0.4, -0.2) is 24.1 Å². The Bertz CT molecular complexity index is 485. The fourth-order valence-corrected chi connectivity index (χ4v) is 1.29. The second-order valence-electron chi connectivity index (χ2n) is 3.77. The van der Waals surface area contributed by atoms with Crippen molar-refractivity contribution in [1.82, 2.24) is 5.43 Å². The molecule has 1 rings (SSSR count). The van der Waals surface area contributed by atoms with Gasteiger partial charge >= 0.3 is 0 Å². The van der Waals surface area contributed by atoms with Crippen LogP contribution in [0.15, 0.2) is 29.4 Å². The second kappa shape index (κ2) is 7.38. The van der Waals surface area contributed by atoms with Gasteiger partial charge in [-0.05, 0) is 31.2 Å². The number of rotatable bonds is 6. The van der Waals surface area contributed by atoms with Crippen LogP contribution in [0.2, 0.25) is 5.02 Å². The van der Waals surface area contributed by atoms with Gasteiger partial charge in [-0.15, -0.1) is 0 Å². The molecular weight excluding hydrogens is 270 g/mol. The van der Waals surface area contributed by atoms with Crippen LogP contribution >= 0.6 is 11.6 Å². The number of halogens is 1. The number of carbonyl (C=O) groups excluding carboxylic acids is 2. The number of ether oxygens (including phenoxy) is 1. The van der Waals surface area contributed by atoms with Crippen LogP contribution in [0.25, 0.3) is 0 Å². The van der Waals surface area contributed by atoms with Crippen molar-refractivity contribution in [3.05, 3.63) is 29.3 Å². The van der Waals surface area contributed by atoms with Gasteiger partial charge in [0.1, 0.15) is 5.75 Å². The summed E-state index contributed by atoms with van der Waals surface area (Å²) in [6.07, 6.45) is -0.00167. The van der Waals surface area contributed by atoms with E-state index in [1.165, 1.54) is 0 Å². The number of primary amides is 1. The quantitative estimate of drug-likeness (QED) is 0.604. The van der Waals surface area contributed by atoms with Crippen molar-refractivity contribution in [2.45, 2.75) is 13.3 Å². The van der Waals surface area contributed by atoms with Crippen LogP contribution in [0.5, 0.6) is 5.75 Å². The predicted molar refractivity (Wildman–Crippen MR) is 72.0 cm³/mol. The Morgan fingerprint density at radius 3 is 2.58 bits per heavy atom. The number of nitrogens with zero attached hydrogens (tertiary/aromatic N) is 1. The molecule has 1 aromatic carbocycles. The van der Waals surface area contributed by atoms with Crippen LogP contribution in [-0.2, 0) is 9.59 Å². The first-order valence-electron chi connectivity index (χ1n) is 5.46. The Labute approximate surface area is 115 Å². The molecule has 0 atom stereocenters. The first-order valence-corrected chi connectivity index (χ1v) is 5.84. The van der Waals surface area contributed by atoms with E-state index < -0.39 is 11.8 Å². The Hall–Kier alpha value is -2.08. The first kappa shape index (κ1) is 15.0. The Kier molecular flexibility index (Phi) is 5.81. The summed E-state index contributed by atoms with van der Waals surface area (Å²) in [6, 6.07) is 6.61. The summed E-state index contributed by atoms with van der Waals surface area (Å²) in [5, 5.41) is 4.29. The number of hydrazone groups is 1. The molecule has 0 saturated heterocycles. The third kappa shape index (κ3) is 6.42. The summed E-state index contributed by atoms with van der Waals surface area (Å²) < 4.78 is 5.20. The van der Waals surface area contributed by atoms with Gasteiger partial charge in [0.2, 0.25) is 5.91 Å². The van der Waals surface area contributed by atoms with Gasteiger partial charge in [-0.2, -0.15) is 5.10 Å². The van der Waals surface area contributed by atoms with Crippen molar-refractivity contribution in [3.63, 3.8) is 0 Å². The van der Waals surface area contributed by atoms with Crippen molar-refractivity contribution in [2.75, 3.05) is 6.61 Å². The largest absolute Gasteiger partial charge is 0.484 e. The van der Waals surface area contributed by atoms with Gasteiger partial charge in [0.25, 0.3) is 5.91 Å². The van der Waals surface area contributed by atoms with Crippen molar-refractivity contribution >= 4 is 29.1 Å². The molecule has 0 bridgehead atoms. The minimum Gasteiger partial charge on any atom is -0.484 e. The lowest BCUT2D eigenvalue weighted by Crippen LogP contribution is -2.26. The van der Waals surface area contributed by atoms with Gasteiger partial charge in [-0.25, -0.2) is 5.43 Å². The highest BCUT2D eigenvalue weighted by molar-refractivity contribution is 6.30. The van der Waals surface area contributed by atoms with E-state index in [2.05, 4.69) is 10.5 Å². The SMILES string of the molecule is C/C(CC(N)=O)=N/NC(=O)COc1ccc(Cl)cc1. The van der Waals surface area contributed by atoms with Gasteiger partial charge in [0.05, 0.1) is 6.42 Å². The van der Waals surface area contributed by atoms with E-state index in [1.807, 2.05) is 0 Å². The molecule has 0 unspecified atom stereocenters. The van der Waals surface area contributed by atoms with Gasteiger partial charge < -0.3 is 10.5 Å². The fourth-order valence-electron chi connectivity index (χ4n) is 1.16. The minimum atomic E-state index is -0.507. The zero-order chi connectivity index (χ0) is 14.3. The molecular formula is C12H14ClN3O3. The molecule has 0 spiro atoms. The standard InChI is InChI=1S/C12H14ClN3O3/c1-8(6-11(14)17)15-16-12(18)7-19-10-4-2-9(13)3-5-10/h2-5H,6-7H2,1H3,(H2,14,17)(H,16,18)/b15-8-. The van der Waals surface area contributed by atoms with Crippen LogP contribution < -0.4 is 15.9 Å². The number of nitrogens with two attached hydrogens (primary N) is 1. The van der Waals surface area contributed by atoms with Gasteiger partial charge in [0.15, 0.2) is 6.61 Å². The highest BCUT2D eigenvalue weighted by atomic mass is 35.5. The zero-order valence-electron chi connectivity index (χ0n) is 10.4. The molecule has 0 fully saturated rings. The summed E-state index contributed by atoms with van der Waals surface area (Å²) in [7, 11) is 0. The third-order valence-corrected chi connectivity index (χ3v) is 2.24. The van der Waals surface area contributed by atoms with Crippen LogP contribution in [0.3, 0.4) is 0 Å². The summed E-state index contributed by atoms with van der Waals surface area (Å²) >= 11 is 5.71. The number of amides is 2. The van der Waals surface area contributed by atoms with E-state index in [1.54, 1.807) is 31.2 Å². The topological polar surface area (TPSA) is 93.8 Å². The molecule has 0 radical (unpaired) electrons. The van der Waals surface area contributed by atoms with Crippen LogP contribution in [0, 0.1) is 0 Å². The summed E-state index contributed by atoms with van der Waals surface area (Å²) in [5.41, 5.74) is 7.66. The number of hydrogen-bond acceptors (Lipinski definition) is 4. The molecule has 19 heavy (non-hydrogen) atoms. The first-order chi connectivity index (χ1) is 8.97. The Balaban J connectivity index is 2.35. The maximum atomic E-state index is 11.4. The van der Waals surface area contributed by atoms with E-state index in [0.29, 0.717) is 16.5 Å². The molecule has 6 nitrogen and oxygen atoms in total. The monoisotopic (exact) mass is 283 g/mol. The van der Waals surface area contributed by atoms with Crippen molar-refractivity contribution in [1.29, 1.82) is 0 Å². The summed E-state index contributed by atoms with van der Waals surface area (Å²) in [4.78, 5) is 22.0. The lowest BCUT2D eigenvalue weighted by Gasteiger charge is -2.05. The van der Waals surface area contributed by atoms with E-state index in [-0.39, 0.29) is 13.0 Å². The average molecular weight is 284 g/mol. The third-order valence-electron chi connectivity index (χ3n) is 1.99. The Morgan fingerprint density at radius 1 is 1.37 bits per heavy atom. The number of nitrogens with one attached hydrogen (secondary N) is 1. The summed E-state index contributed by atoms with van der Waals surface area (Å²) in [5.74, 6) is -0.413. The van der Waals surface area contributed by atoms with E-state index in [9.17, 15) is 9.59 Å². The smallest absolute Gasteiger partial charge is 0.277 e. The molecule has 7 heteroatoms. The summed E-state index contributed by atoms with van der Waals surface area (Å²) in [6.45, 7) is 1.40. The lowest BCUT2D eigenvalue weighted by molar-refractivity contribution is -0.123.